The number of ether oxygens (including phenoxy) is 1. The summed E-state index contributed by atoms with van der Waals surface area (Å²) in [4.78, 5) is 13.3. The molecule has 0 radical (unpaired) electrons. The van der Waals surface area contributed by atoms with Gasteiger partial charge in [0.25, 0.3) is 6.43 Å². The molecule has 0 spiro atoms. The number of nitrogens with zero attached hydrogens (tertiary/aromatic N) is 1. The van der Waals surface area contributed by atoms with Gasteiger partial charge in [0.2, 0.25) is 5.91 Å². The molecule has 1 unspecified atom stereocenters. The average Bonchev–Trinajstić information content (AvgIpc) is 2.45. The van der Waals surface area contributed by atoms with Gasteiger partial charge in [0.1, 0.15) is 5.75 Å². The second kappa shape index (κ2) is 6.70. The van der Waals surface area contributed by atoms with Crippen LogP contribution in [-0.4, -0.2) is 30.4 Å². The fourth-order valence-electron chi connectivity index (χ4n) is 2.37. The van der Waals surface area contributed by atoms with Crippen molar-refractivity contribution >= 4 is 11.6 Å². The normalized spacial score (nSPS) is 18.9. The van der Waals surface area contributed by atoms with Crippen molar-refractivity contribution in [2.45, 2.75) is 26.7 Å². The lowest BCUT2D eigenvalue weighted by Crippen LogP contribution is -2.39. The van der Waals surface area contributed by atoms with Gasteiger partial charge in [-0.3, -0.25) is 4.79 Å². The van der Waals surface area contributed by atoms with Gasteiger partial charge in [0, 0.05) is 11.6 Å². The largest absolute Gasteiger partial charge is 0.494 e. The molecule has 21 heavy (non-hydrogen) atoms. The summed E-state index contributed by atoms with van der Waals surface area (Å²) in [7, 11) is 0. The molecule has 1 aromatic carbocycles. The number of alkyl halides is 2. The maximum absolute atomic E-state index is 12.7. The highest BCUT2D eigenvalue weighted by atomic mass is 19.3. The number of hydrogen-bond donors (Lipinski definition) is 0. The monoisotopic (exact) mass is 295 g/mol. The van der Waals surface area contributed by atoms with Crippen LogP contribution in [0.25, 0.3) is 5.70 Å². The standard InChI is InChI=1S/C16H19F2NO2/c1-3-21-13-7-5-12(6-8-13)14-9-4-11(2)16(20)19(14)10-15(17)18/h5-9,11,15H,3-4,10H2,1-2H3. The molecule has 1 amide bonds. The molecule has 0 saturated carbocycles. The van der Waals surface area contributed by atoms with Crippen molar-refractivity contribution in [1.29, 1.82) is 0 Å². The molecule has 0 saturated heterocycles. The topological polar surface area (TPSA) is 29.5 Å². The zero-order valence-corrected chi connectivity index (χ0v) is 12.2. The van der Waals surface area contributed by atoms with Crippen LogP contribution in [0.4, 0.5) is 8.78 Å². The Labute approximate surface area is 123 Å². The van der Waals surface area contributed by atoms with Crippen molar-refractivity contribution in [2.24, 2.45) is 5.92 Å². The van der Waals surface area contributed by atoms with E-state index in [1.807, 2.05) is 13.0 Å². The van der Waals surface area contributed by atoms with E-state index in [-0.39, 0.29) is 11.8 Å². The van der Waals surface area contributed by atoms with Crippen molar-refractivity contribution in [3.63, 3.8) is 0 Å². The van der Waals surface area contributed by atoms with Gasteiger partial charge in [0.05, 0.1) is 13.2 Å². The summed E-state index contributed by atoms with van der Waals surface area (Å²) in [5.74, 6) is 0.217. The third kappa shape index (κ3) is 3.60. The molecular formula is C16H19F2NO2. The lowest BCUT2D eigenvalue weighted by atomic mass is 9.97. The van der Waals surface area contributed by atoms with E-state index in [2.05, 4.69) is 0 Å². The molecule has 0 aliphatic carbocycles. The molecule has 1 atom stereocenters. The second-order valence-electron chi connectivity index (χ2n) is 5.02. The first kappa shape index (κ1) is 15.5. The first-order chi connectivity index (χ1) is 10.0. The maximum Gasteiger partial charge on any atom is 0.256 e. The Hall–Kier alpha value is -1.91. The molecule has 3 nitrogen and oxygen atoms in total. The van der Waals surface area contributed by atoms with E-state index in [1.165, 1.54) is 4.90 Å². The van der Waals surface area contributed by atoms with Gasteiger partial charge in [-0.15, -0.1) is 0 Å². The molecule has 5 heteroatoms. The van der Waals surface area contributed by atoms with Gasteiger partial charge < -0.3 is 9.64 Å². The molecule has 114 valence electrons. The zero-order chi connectivity index (χ0) is 15.4. The highest BCUT2D eigenvalue weighted by Crippen LogP contribution is 2.30. The minimum Gasteiger partial charge on any atom is -0.494 e. The van der Waals surface area contributed by atoms with Gasteiger partial charge in [-0.1, -0.05) is 13.0 Å². The van der Waals surface area contributed by atoms with Crippen LogP contribution in [0.5, 0.6) is 5.75 Å². The smallest absolute Gasteiger partial charge is 0.256 e. The van der Waals surface area contributed by atoms with Crippen molar-refractivity contribution in [3.05, 3.63) is 35.9 Å². The number of allylic oxidation sites excluding steroid dienone is 1. The molecular weight excluding hydrogens is 276 g/mol. The predicted molar refractivity (Wildman–Crippen MR) is 77.1 cm³/mol. The van der Waals surface area contributed by atoms with E-state index in [0.29, 0.717) is 18.7 Å². The summed E-state index contributed by atoms with van der Waals surface area (Å²) in [6.45, 7) is 3.64. The van der Waals surface area contributed by atoms with E-state index in [1.54, 1.807) is 31.2 Å². The average molecular weight is 295 g/mol. The SMILES string of the molecule is CCOc1ccc(C2=CCC(C)C(=O)N2CC(F)F)cc1. The van der Waals surface area contributed by atoms with Gasteiger partial charge >= 0.3 is 0 Å². The van der Waals surface area contributed by atoms with Crippen LogP contribution >= 0.6 is 0 Å². The number of halogens is 2. The minimum absolute atomic E-state index is 0.248. The first-order valence-corrected chi connectivity index (χ1v) is 7.05. The number of benzene rings is 1. The molecule has 0 fully saturated rings. The quantitative estimate of drug-likeness (QED) is 0.831. The fraction of sp³-hybridized carbons (Fsp3) is 0.438. The second-order valence-corrected chi connectivity index (χ2v) is 5.02. The molecule has 1 aliphatic heterocycles. The van der Waals surface area contributed by atoms with Gasteiger partial charge in [-0.25, -0.2) is 8.78 Å². The molecule has 0 N–H and O–H groups in total. The molecule has 1 aliphatic rings. The lowest BCUT2D eigenvalue weighted by Gasteiger charge is -2.31. The van der Waals surface area contributed by atoms with Gasteiger partial charge in [0.15, 0.2) is 0 Å². The summed E-state index contributed by atoms with van der Waals surface area (Å²) in [6, 6.07) is 7.14. The van der Waals surface area contributed by atoms with Crippen molar-refractivity contribution in [2.75, 3.05) is 13.2 Å². The van der Waals surface area contributed by atoms with Gasteiger partial charge in [-0.05, 0) is 43.2 Å². The highest BCUT2D eigenvalue weighted by Gasteiger charge is 2.30. The summed E-state index contributed by atoms with van der Waals surface area (Å²) < 4.78 is 30.8. The van der Waals surface area contributed by atoms with E-state index >= 15 is 0 Å². The molecule has 0 aromatic heterocycles. The Morgan fingerprint density at radius 2 is 2.00 bits per heavy atom. The molecule has 1 aromatic rings. The minimum atomic E-state index is -2.55. The van der Waals surface area contributed by atoms with Crippen LogP contribution in [0.15, 0.2) is 30.3 Å². The van der Waals surface area contributed by atoms with Crippen LogP contribution in [0.2, 0.25) is 0 Å². The zero-order valence-electron chi connectivity index (χ0n) is 12.2. The Kier molecular flexibility index (Phi) is 4.94. The van der Waals surface area contributed by atoms with Crippen molar-refractivity contribution < 1.29 is 18.3 Å². The van der Waals surface area contributed by atoms with E-state index < -0.39 is 13.0 Å². The number of amides is 1. The third-order valence-electron chi connectivity index (χ3n) is 3.42. The first-order valence-electron chi connectivity index (χ1n) is 7.05. The van der Waals surface area contributed by atoms with Crippen LogP contribution in [0, 0.1) is 5.92 Å². The van der Waals surface area contributed by atoms with Gasteiger partial charge in [-0.2, -0.15) is 0 Å². The number of rotatable bonds is 5. The lowest BCUT2D eigenvalue weighted by molar-refractivity contribution is -0.133. The third-order valence-corrected chi connectivity index (χ3v) is 3.42. The number of carbonyl (C=O) groups excluding carboxylic acids is 1. The molecule has 0 bridgehead atoms. The molecule has 1 heterocycles. The fourth-order valence-corrected chi connectivity index (χ4v) is 2.37. The number of hydrogen-bond acceptors (Lipinski definition) is 2. The van der Waals surface area contributed by atoms with Crippen LogP contribution in [0.3, 0.4) is 0 Å². The maximum atomic E-state index is 12.7. The van der Waals surface area contributed by atoms with Crippen LogP contribution in [-0.2, 0) is 4.79 Å². The van der Waals surface area contributed by atoms with Crippen LogP contribution in [0.1, 0.15) is 25.8 Å². The Morgan fingerprint density at radius 3 is 2.57 bits per heavy atom. The molecule has 2 rings (SSSR count). The van der Waals surface area contributed by atoms with Crippen molar-refractivity contribution in [3.8, 4) is 5.75 Å². The summed E-state index contributed by atoms with van der Waals surface area (Å²) in [6.07, 6.45) is -0.129. The van der Waals surface area contributed by atoms with Crippen LogP contribution < -0.4 is 4.74 Å². The summed E-state index contributed by atoms with van der Waals surface area (Å²) >= 11 is 0. The van der Waals surface area contributed by atoms with E-state index in [4.69, 9.17) is 4.74 Å². The summed E-state index contributed by atoms with van der Waals surface area (Å²) in [5, 5.41) is 0. The van der Waals surface area contributed by atoms with E-state index in [9.17, 15) is 13.6 Å². The summed E-state index contributed by atoms with van der Waals surface area (Å²) in [5.41, 5.74) is 1.31. The highest BCUT2D eigenvalue weighted by molar-refractivity contribution is 5.90. The number of carbonyl (C=O) groups is 1. The Morgan fingerprint density at radius 1 is 1.33 bits per heavy atom. The van der Waals surface area contributed by atoms with Crippen molar-refractivity contribution in [1.82, 2.24) is 4.90 Å². The predicted octanol–water partition coefficient (Wildman–Crippen LogP) is 3.56. The Balaban J connectivity index is 2.28. The van der Waals surface area contributed by atoms with E-state index in [0.717, 1.165) is 11.3 Å². The Bertz CT molecular complexity index is 526.